The molecule has 5 rings (SSSR count). The Morgan fingerprint density at radius 3 is 2.62 bits per heavy atom. The second-order valence-electron chi connectivity index (χ2n) is 7.41. The number of aryl methyl sites for hydroxylation is 2. The Hall–Kier alpha value is -2.77. The molecule has 4 heterocycles. The van der Waals surface area contributed by atoms with Gasteiger partial charge in [0.1, 0.15) is 17.9 Å². The molecular weight excluding hydrogens is 382 g/mol. The van der Waals surface area contributed by atoms with Crippen LogP contribution in [0.3, 0.4) is 0 Å². The molecule has 0 amide bonds. The van der Waals surface area contributed by atoms with Crippen molar-refractivity contribution in [3.63, 3.8) is 0 Å². The van der Waals surface area contributed by atoms with Gasteiger partial charge in [-0.3, -0.25) is 4.90 Å². The second kappa shape index (κ2) is 7.57. The van der Waals surface area contributed by atoms with Gasteiger partial charge in [-0.2, -0.15) is 0 Å². The molecule has 0 spiro atoms. The minimum absolute atomic E-state index is 0.738. The van der Waals surface area contributed by atoms with E-state index in [1.807, 2.05) is 25.1 Å². The molecule has 0 N–H and O–H groups in total. The van der Waals surface area contributed by atoms with Crippen LogP contribution in [0.15, 0.2) is 47.1 Å². The van der Waals surface area contributed by atoms with Crippen molar-refractivity contribution in [1.82, 2.24) is 19.9 Å². The molecule has 0 radical (unpaired) electrons. The second-order valence-corrected chi connectivity index (χ2v) is 8.70. The SMILES string of the molecule is Cc1ccc(-c2nc(CN3CCN(c4ncnc5ccccc45)CC3)c(C)o2)s1. The van der Waals surface area contributed by atoms with Crippen LogP contribution in [-0.4, -0.2) is 46.0 Å². The van der Waals surface area contributed by atoms with Crippen LogP contribution in [0.1, 0.15) is 16.3 Å². The summed E-state index contributed by atoms with van der Waals surface area (Å²) in [6, 6.07) is 12.4. The van der Waals surface area contributed by atoms with Crippen LogP contribution in [0.2, 0.25) is 0 Å². The summed E-state index contributed by atoms with van der Waals surface area (Å²) >= 11 is 1.72. The first-order valence-electron chi connectivity index (χ1n) is 9.87. The van der Waals surface area contributed by atoms with E-state index in [1.54, 1.807) is 17.7 Å². The molecule has 29 heavy (non-hydrogen) atoms. The van der Waals surface area contributed by atoms with Gasteiger partial charge in [-0.25, -0.2) is 15.0 Å². The summed E-state index contributed by atoms with van der Waals surface area (Å²) in [6.07, 6.45) is 1.66. The first-order valence-corrected chi connectivity index (χ1v) is 10.7. The number of hydrogen-bond acceptors (Lipinski definition) is 7. The van der Waals surface area contributed by atoms with Crippen molar-refractivity contribution in [2.75, 3.05) is 31.1 Å². The molecular formula is C22H23N5OS. The zero-order chi connectivity index (χ0) is 19.8. The zero-order valence-electron chi connectivity index (χ0n) is 16.6. The lowest BCUT2D eigenvalue weighted by atomic mass is 10.2. The third kappa shape index (κ3) is 3.63. The number of piperazine rings is 1. The lowest BCUT2D eigenvalue weighted by Gasteiger charge is -2.35. The number of hydrogen-bond donors (Lipinski definition) is 0. The Kier molecular flexibility index (Phi) is 4.77. The highest BCUT2D eigenvalue weighted by molar-refractivity contribution is 7.15. The molecule has 0 aliphatic carbocycles. The molecule has 1 saturated heterocycles. The monoisotopic (exact) mass is 405 g/mol. The van der Waals surface area contributed by atoms with Gasteiger partial charge in [0.05, 0.1) is 16.1 Å². The van der Waals surface area contributed by atoms with Gasteiger partial charge in [0.2, 0.25) is 5.89 Å². The van der Waals surface area contributed by atoms with Crippen molar-refractivity contribution in [3.05, 3.63) is 59.1 Å². The molecule has 1 aliphatic heterocycles. The van der Waals surface area contributed by atoms with E-state index in [2.05, 4.69) is 44.9 Å². The molecule has 3 aromatic heterocycles. The molecule has 1 aromatic carbocycles. The number of anilines is 1. The summed E-state index contributed by atoms with van der Waals surface area (Å²) < 4.78 is 5.94. The van der Waals surface area contributed by atoms with Crippen LogP contribution < -0.4 is 4.90 Å². The molecule has 0 unspecified atom stereocenters. The smallest absolute Gasteiger partial charge is 0.236 e. The summed E-state index contributed by atoms with van der Waals surface area (Å²) in [7, 11) is 0. The predicted molar refractivity (Wildman–Crippen MR) is 116 cm³/mol. The van der Waals surface area contributed by atoms with Crippen LogP contribution in [0.5, 0.6) is 0 Å². The minimum Gasteiger partial charge on any atom is -0.440 e. The first kappa shape index (κ1) is 18.3. The van der Waals surface area contributed by atoms with Gasteiger partial charge < -0.3 is 9.32 Å². The van der Waals surface area contributed by atoms with E-state index in [0.717, 1.165) is 71.7 Å². The first-order chi connectivity index (χ1) is 14.2. The Balaban J connectivity index is 1.27. The quantitative estimate of drug-likeness (QED) is 0.505. The highest BCUT2D eigenvalue weighted by Gasteiger charge is 2.22. The number of fused-ring (bicyclic) bond motifs is 1. The van der Waals surface area contributed by atoms with Crippen LogP contribution in [0, 0.1) is 13.8 Å². The highest BCUT2D eigenvalue weighted by atomic mass is 32.1. The summed E-state index contributed by atoms with van der Waals surface area (Å²) in [5.41, 5.74) is 2.03. The third-order valence-electron chi connectivity index (χ3n) is 5.41. The Labute approximate surface area is 173 Å². The Bertz CT molecular complexity index is 1140. The molecule has 1 fully saturated rings. The lowest BCUT2D eigenvalue weighted by Crippen LogP contribution is -2.46. The molecule has 0 bridgehead atoms. The molecule has 0 saturated carbocycles. The summed E-state index contributed by atoms with van der Waals surface area (Å²) in [5.74, 6) is 2.68. The van der Waals surface area contributed by atoms with E-state index in [0.29, 0.717) is 0 Å². The number of rotatable bonds is 4. The minimum atomic E-state index is 0.738. The van der Waals surface area contributed by atoms with E-state index >= 15 is 0 Å². The number of benzene rings is 1. The zero-order valence-corrected chi connectivity index (χ0v) is 17.4. The van der Waals surface area contributed by atoms with Crippen molar-refractivity contribution in [1.29, 1.82) is 0 Å². The summed E-state index contributed by atoms with van der Waals surface area (Å²) in [4.78, 5) is 20.9. The number of aromatic nitrogens is 3. The summed E-state index contributed by atoms with van der Waals surface area (Å²) in [6.45, 7) is 8.75. The van der Waals surface area contributed by atoms with E-state index < -0.39 is 0 Å². The van der Waals surface area contributed by atoms with Gasteiger partial charge in [-0.05, 0) is 38.1 Å². The van der Waals surface area contributed by atoms with Crippen molar-refractivity contribution < 1.29 is 4.42 Å². The van der Waals surface area contributed by atoms with E-state index in [-0.39, 0.29) is 0 Å². The van der Waals surface area contributed by atoms with Crippen LogP contribution >= 0.6 is 11.3 Å². The van der Waals surface area contributed by atoms with Crippen LogP contribution in [0.4, 0.5) is 5.82 Å². The Morgan fingerprint density at radius 2 is 1.83 bits per heavy atom. The van der Waals surface area contributed by atoms with Gasteiger partial charge in [0.25, 0.3) is 0 Å². The maximum atomic E-state index is 5.94. The molecule has 1 aliphatic rings. The predicted octanol–water partition coefficient (Wildman–Crippen LogP) is 4.29. The standard InChI is InChI=1S/C22H23N5OS/c1-15-7-8-20(29-15)22-25-19(16(2)28-22)13-26-9-11-27(12-10-26)21-17-5-3-4-6-18(17)23-14-24-21/h3-8,14H,9-13H2,1-2H3. The molecule has 148 valence electrons. The summed E-state index contributed by atoms with van der Waals surface area (Å²) in [5, 5.41) is 1.12. The van der Waals surface area contributed by atoms with E-state index in [4.69, 9.17) is 9.40 Å². The topological polar surface area (TPSA) is 58.3 Å². The van der Waals surface area contributed by atoms with Gasteiger partial charge in [0, 0.05) is 43.0 Å². The maximum Gasteiger partial charge on any atom is 0.236 e. The number of oxazole rings is 1. The third-order valence-corrected chi connectivity index (χ3v) is 6.40. The average molecular weight is 406 g/mol. The van der Waals surface area contributed by atoms with Crippen LogP contribution in [-0.2, 0) is 6.54 Å². The van der Waals surface area contributed by atoms with Crippen LogP contribution in [0.25, 0.3) is 21.7 Å². The van der Waals surface area contributed by atoms with Gasteiger partial charge in [0.15, 0.2) is 0 Å². The van der Waals surface area contributed by atoms with Gasteiger partial charge in [-0.15, -0.1) is 11.3 Å². The Morgan fingerprint density at radius 1 is 1.00 bits per heavy atom. The fourth-order valence-corrected chi connectivity index (χ4v) is 4.60. The molecule has 6 nitrogen and oxygen atoms in total. The average Bonchev–Trinajstić information content (AvgIpc) is 3.34. The van der Waals surface area contributed by atoms with Gasteiger partial charge in [-0.1, -0.05) is 12.1 Å². The van der Waals surface area contributed by atoms with Crippen molar-refractivity contribution in [2.24, 2.45) is 0 Å². The molecule has 0 atom stereocenters. The van der Waals surface area contributed by atoms with Gasteiger partial charge >= 0.3 is 0 Å². The van der Waals surface area contributed by atoms with Crippen molar-refractivity contribution in [2.45, 2.75) is 20.4 Å². The van der Waals surface area contributed by atoms with Crippen molar-refractivity contribution >= 4 is 28.1 Å². The van der Waals surface area contributed by atoms with Crippen molar-refractivity contribution in [3.8, 4) is 10.8 Å². The molecule has 4 aromatic rings. The fraction of sp³-hybridized carbons (Fsp3) is 0.318. The number of nitrogens with zero attached hydrogens (tertiary/aromatic N) is 5. The molecule has 7 heteroatoms. The van der Waals surface area contributed by atoms with E-state index in [1.165, 1.54) is 4.88 Å². The number of thiophene rings is 1. The fourth-order valence-electron chi connectivity index (χ4n) is 3.80. The lowest BCUT2D eigenvalue weighted by molar-refractivity contribution is 0.246. The largest absolute Gasteiger partial charge is 0.440 e. The maximum absolute atomic E-state index is 5.94. The number of para-hydroxylation sites is 1. The highest BCUT2D eigenvalue weighted by Crippen LogP contribution is 2.29. The van der Waals surface area contributed by atoms with E-state index in [9.17, 15) is 0 Å². The normalized spacial score (nSPS) is 15.3.